The number of nitrogens with zero attached hydrogens (tertiary/aromatic N) is 2. The van der Waals surface area contributed by atoms with Gasteiger partial charge in [0.15, 0.2) is 0 Å². The van der Waals surface area contributed by atoms with E-state index in [4.69, 9.17) is 4.74 Å². The van der Waals surface area contributed by atoms with Crippen molar-refractivity contribution in [3.63, 3.8) is 0 Å². The predicted octanol–water partition coefficient (Wildman–Crippen LogP) is 4.24. The van der Waals surface area contributed by atoms with E-state index in [0.29, 0.717) is 5.92 Å². The summed E-state index contributed by atoms with van der Waals surface area (Å²) in [7, 11) is 0. The summed E-state index contributed by atoms with van der Waals surface area (Å²) in [4.78, 5) is 18.3. The van der Waals surface area contributed by atoms with E-state index in [-0.39, 0.29) is 18.5 Å². The largest absolute Gasteiger partial charge is 0.444 e. The zero-order valence-corrected chi connectivity index (χ0v) is 15.1. The molecule has 1 unspecified atom stereocenters. The molecule has 6 heteroatoms. The molecule has 0 radical (unpaired) electrons. The average molecular weight is 345 g/mol. The zero-order chi connectivity index (χ0) is 15.3. The predicted molar refractivity (Wildman–Crippen MR) is 92.7 cm³/mol. The summed E-state index contributed by atoms with van der Waals surface area (Å²) in [5, 5.41) is 1.05. The molecule has 0 bridgehead atoms. The van der Waals surface area contributed by atoms with Crippen molar-refractivity contribution in [2.75, 3.05) is 18.8 Å². The number of likely N-dealkylation sites (tertiary alicyclic amines) is 1. The fourth-order valence-corrected chi connectivity index (χ4v) is 3.32. The smallest absolute Gasteiger partial charge is 0.410 e. The number of hydrogen-bond acceptors (Lipinski definition) is 4. The maximum Gasteiger partial charge on any atom is 0.410 e. The number of amides is 1. The number of halogens is 1. The molecule has 1 aliphatic heterocycles. The van der Waals surface area contributed by atoms with Crippen LogP contribution in [-0.4, -0.2) is 40.4 Å². The van der Waals surface area contributed by atoms with Gasteiger partial charge in [-0.05, 0) is 51.7 Å². The van der Waals surface area contributed by atoms with Gasteiger partial charge in [0.1, 0.15) is 5.60 Å². The van der Waals surface area contributed by atoms with E-state index in [1.54, 1.807) is 11.8 Å². The molecule has 0 aromatic carbocycles. The van der Waals surface area contributed by atoms with Crippen molar-refractivity contribution in [2.24, 2.45) is 5.92 Å². The summed E-state index contributed by atoms with van der Waals surface area (Å²) in [6.07, 6.45) is 3.84. The molecule has 1 aromatic heterocycles. The maximum atomic E-state index is 12.1. The molecule has 1 aliphatic rings. The monoisotopic (exact) mass is 344 g/mol. The number of aromatic nitrogens is 1. The van der Waals surface area contributed by atoms with Gasteiger partial charge in [-0.3, -0.25) is 0 Å². The van der Waals surface area contributed by atoms with E-state index >= 15 is 0 Å². The van der Waals surface area contributed by atoms with Gasteiger partial charge in [-0.2, -0.15) is 0 Å². The number of rotatable bonds is 3. The Morgan fingerprint density at radius 1 is 1.45 bits per heavy atom. The minimum Gasteiger partial charge on any atom is -0.444 e. The normalized spacial score (nSPS) is 18.5. The van der Waals surface area contributed by atoms with Crippen LogP contribution < -0.4 is 0 Å². The zero-order valence-electron chi connectivity index (χ0n) is 13.4. The quantitative estimate of drug-likeness (QED) is 0.769. The maximum absolute atomic E-state index is 12.1. The highest BCUT2D eigenvalue weighted by molar-refractivity contribution is 7.99. The molecule has 1 amide bonds. The number of carbonyl (C=O) groups excluding carboxylic acids is 1. The lowest BCUT2D eigenvalue weighted by atomic mass is 10.0. The van der Waals surface area contributed by atoms with Crippen LogP contribution in [0.3, 0.4) is 0 Å². The molecule has 0 saturated carbocycles. The first-order valence-electron chi connectivity index (χ1n) is 7.46. The summed E-state index contributed by atoms with van der Waals surface area (Å²) in [5.41, 5.74) is -0.424. The molecule has 1 saturated heterocycles. The van der Waals surface area contributed by atoms with Crippen molar-refractivity contribution >= 4 is 30.3 Å². The van der Waals surface area contributed by atoms with Crippen molar-refractivity contribution in [3.8, 4) is 0 Å². The van der Waals surface area contributed by atoms with Crippen molar-refractivity contribution in [1.82, 2.24) is 9.88 Å². The van der Waals surface area contributed by atoms with Gasteiger partial charge < -0.3 is 9.64 Å². The topological polar surface area (TPSA) is 42.4 Å². The second kappa shape index (κ2) is 8.63. The molecule has 1 fully saturated rings. The Hall–Kier alpha value is -0.940. The SMILES string of the molecule is CC(C)(C)OC(=O)N1CCCC(CSc2ccccn2)C1.Cl. The molecule has 0 N–H and O–H groups in total. The van der Waals surface area contributed by atoms with E-state index < -0.39 is 5.60 Å². The highest BCUT2D eigenvalue weighted by atomic mass is 35.5. The van der Waals surface area contributed by atoms with Crippen molar-refractivity contribution in [2.45, 2.75) is 44.2 Å². The van der Waals surface area contributed by atoms with Gasteiger partial charge in [0, 0.05) is 25.0 Å². The van der Waals surface area contributed by atoms with Crippen LogP contribution in [0, 0.1) is 5.92 Å². The first kappa shape index (κ1) is 19.1. The second-order valence-electron chi connectivity index (χ2n) is 6.41. The van der Waals surface area contributed by atoms with E-state index in [2.05, 4.69) is 4.98 Å². The summed E-state index contributed by atoms with van der Waals surface area (Å²) in [6.45, 7) is 7.31. The number of hydrogen-bond donors (Lipinski definition) is 0. The number of piperidine rings is 1. The van der Waals surface area contributed by atoms with Gasteiger partial charge >= 0.3 is 6.09 Å². The van der Waals surface area contributed by atoms with Crippen LogP contribution >= 0.6 is 24.2 Å². The molecule has 2 heterocycles. The first-order chi connectivity index (χ1) is 9.94. The van der Waals surface area contributed by atoms with Gasteiger partial charge in [0.25, 0.3) is 0 Å². The molecule has 1 aromatic rings. The van der Waals surface area contributed by atoms with E-state index in [1.165, 1.54) is 6.42 Å². The third-order valence-corrected chi connectivity index (χ3v) is 4.45. The summed E-state index contributed by atoms with van der Waals surface area (Å²) in [5.74, 6) is 1.51. The van der Waals surface area contributed by atoms with Crippen molar-refractivity contribution in [3.05, 3.63) is 24.4 Å². The van der Waals surface area contributed by atoms with Crippen molar-refractivity contribution in [1.29, 1.82) is 0 Å². The molecule has 1 atom stereocenters. The minimum absolute atomic E-state index is 0. The standard InChI is InChI=1S/C16H24N2O2S.ClH/c1-16(2,3)20-15(19)18-10-6-7-13(11-18)12-21-14-8-4-5-9-17-14;/h4-5,8-9,13H,6-7,10-12H2,1-3H3;1H. The van der Waals surface area contributed by atoms with E-state index in [1.807, 2.05) is 50.1 Å². The lowest BCUT2D eigenvalue weighted by molar-refractivity contribution is 0.0177. The summed E-state index contributed by atoms with van der Waals surface area (Å²) >= 11 is 1.76. The molecule has 124 valence electrons. The van der Waals surface area contributed by atoms with Gasteiger partial charge in [0.05, 0.1) is 5.03 Å². The third kappa shape index (κ3) is 6.44. The van der Waals surface area contributed by atoms with Crippen LogP contribution in [0.15, 0.2) is 29.4 Å². The Morgan fingerprint density at radius 2 is 2.23 bits per heavy atom. The number of carbonyl (C=O) groups is 1. The Bertz CT molecular complexity index is 465. The van der Waals surface area contributed by atoms with Crippen LogP contribution in [0.5, 0.6) is 0 Å². The van der Waals surface area contributed by atoms with Crippen molar-refractivity contribution < 1.29 is 9.53 Å². The first-order valence-corrected chi connectivity index (χ1v) is 8.44. The number of thioether (sulfide) groups is 1. The molecule has 0 aliphatic carbocycles. The Morgan fingerprint density at radius 3 is 2.86 bits per heavy atom. The molecular weight excluding hydrogens is 320 g/mol. The lowest BCUT2D eigenvalue weighted by Gasteiger charge is -2.34. The van der Waals surface area contributed by atoms with Gasteiger partial charge in [-0.1, -0.05) is 6.07 Å². The molecular formula is C16H25ClN2O2S. The highest BCUT2D eigenvalue weighted by Crippen LogP contribution is 2.25. The Balaban J connectivity index is 0.00000242. The lowest BCUT2D eigenvalue weighted by Crippen LogP contribution is -2.43. The number of pyridine rings is 1. The van der Waals surface area contributed by atoms with Gasteiger partial charge in [-0.25, -0.2) is 9.78 Å². The van der Waals surface area contributed by atoms with Gasteiger partial charge in [-0.15, -0.1) is 24.2 Å². The van der Waals surface area contributed by atoms with E-state index in [0.717, 1.165) is 30.3 Å². The van der Waals surface area contributed by atoms with Crippen LogP contribution in [0.4, 0.5) is 4.79 Å². The summed E-state index contributed by atoms with van der Waals surface area (Å²) < 4.78 is 5.46. The summed E-state index contributed by atoms with van der Waals surface area (Å²) in [6, 6.07) is 5.96. The molecule has 22 heavy (non-hydrogen) atoms. The Labute approximate surface area is 143 Å². The molecule has 0 spiro atoms. The average Bonchev–Trinajstić information content (AvgIpc) is 2.45. The third-order valence-electron chi connectivity index (χ3n) is 3.28. The fourth-order valence-electron chi connectivity index (χ4n) is 2.33. The van der Waals surface area contributed by atoms with E-state index in [9.17, 15) is 4.79 Å². The highest BCUT2D eigenvalue weighted by Gasteiger charge is 2.27. The minimum atomic E-state index is -0.424. The number of ether oxygens (including phenoxy) is 1. The Kier molecular flexibility index (Phi) is 7.49. The second-order valence-corrected chi connectivity index (χ2v) is 7.45. The van der Waals surface area contributed by atoms with Crippen LogP contribution in [0.1, 0.15) is 33.6 Å². The molecule has 4 nitrogen and oxygen atoms in total. The van der Waals surface area contributed by atoms with Crippen LogP contribution in [-0.2, 0) is 4.74 Å². The van der Waals surface area contributed by atoms with Gasteiger partial charge in [0.2, 0.25) is 0 Å². The fraction of sp³-hybridized carbons (Fsp3) is 0.625. The van der Waals surface area contributed by atoms with Crippen LogP contribution in [0.25, 0.3) is 0 Å². The molecule has 2 rings (SSSR count). The van der Waals surface area contributed by atoms with Crippen LogP contribution in [0.2, 0.25) is 0 Å².